The fraction of sp³-hybridized carbons (Fsp3) is 0.200. The first-order chi connectivity index (χ1) is 8.51. The molecule has 0 saturated heterocycles. The second-order valence-electron chi connectivity index (χ2n) is 3.44. The maximum atomic E-state index is 11.9. The summed E-state index contributed by atoms with van der Waals surface area (Å²) in [4.78, 5) is 1.77. The lowest BCUT2D eigenvalue weighted by atomic mass is 10.5. The fourth-order valence-corrected chi connectivity index (χ4v) is 4.94. The first kappa shape index (κ1) is 14.2. The van der Waals surface area contributed by atoms with Crippen LogP contribution in [0.3, 0.4) is 0 Å². The van der Waals surface area contributed by atoms with Gasteiger partial charge in [-0.2, -0.15) is 0 Å². The van der Waals surface area contributed by atoms with Gasteiger partial charge in [0.1, 0.15) is 0 Å². The van der Waals surface area contributed by atoms with Crippen LogP contribution in [0.25, 0.3) is 0 Å². The molecule has 2 aromatic rings. The van der Waals surface area contributed by atoms with Crippen molar-refractivity contribution in [2.45, 2.75) is 18.0 Å². The summed E-state index contributed by atoms with van der Waals surface area (Å²) in [6.45, 7) is 0.126. The number of aliphatic hydroxyl groups excluding tert-OH is 1. The van der Waals surface area contributed by atoms with E-state index < -0.39 is 10.0 Å². The predicted molar refractivity (Wildman–Crippen MR) is 76.3 cm³/mol. The SMILES string of the molecule is O=S(=O)(NCc1ccc(Br)s1)c1csc(CO)c1. The molecule has 18 heavy (non-hydrogen) atoms. The van der Waals surface area contributed by atoms with Crippen molar-refractivity contribution in [1.82, 2.24) is 4.72 Å². The standard InChI is InChI=1S/C10H10BrNO3S3/c11-10-2-1-7(17-10)4-12-18(14,15)9-3-8(5-13)16-6-9/h1-3,6,12-13H,4-5H2. The Labute approximate surface area is 121 Å². The van der Waals surface area contributed by atoms with Crippen molar-refractivity contribution in [2.75, 3.05) is 0 Å². The molecule has 2 aromatic heterocycles. The van der Waals surface area contributed by atoms with Gasteiger partial charge in [0.15, 0.2) is 0 Å². The largest absolute Gasteiger partial charge is 0.391 e. The van der Waals surface area contributed by atoms with Crippen LogP contribution in [0.1, 0.15) is 9.75 Å². The monoisotopic (exact) mass is 367 g/mol. The molecule has 0 fully saturated rings. The minimum atomic E-state index is -3.50. The van der Waals surface area contributed by atoms with E-state index in [9.17, 15) is 8.42 Å². The first-order valence-corrected chi connectivity index (χ1v) is 8.90. The molecule has 0 saturated carbocycles. The van der Waals surface area contributed by atoms with Gasteiger partial charge in [-0.05, 0) is 34.1 Å². The Balaban J connectivity index is 2.07. The lowest BCUT2D eigenvalue weighted by Gasteiger charge is -2.02. The van der Waals surface area contributed by atoms with Gasteiger partial charge in [-0.1, -0.05) is 0 Å². The molecule has 0 aliphatic carbocycles. The third-order valence-corrected chi connectivity index (χ3v) is 6.24. The number of rotatable bonds is 5. The van der Waals surface area contributed by atoms with E-state index >= 15 is 0 Å². The highest BCUT2D eigenvalue weighted by Gasteiger charge is 2.16. The zero-order valence-electron chi connectivity index (χ0n) is 9.09. The number of aliphatic hydroxyl groups is 1. The number of hydrogen-bond acceptors (Lipinski definition) is 5. The predicted octanol–water partition coefficient (Wildman–Crippen LogP) is 2.54. The molecule has 2 heterocycles. The van der Waals surface area contributed by atoms with Crippen molar-refractivity contribution in [3.63, 3.8) is 0 Å². The molecule has 0 bridgehead atoms. The van der Waals surface area contributed by atoms with Crippen LogP contribution in [0.2, 0.25) is 0 Å². The summed E-state index contributed by atoms with van der Waals surface area (Å²) in [7, 11) is -3.50. The van der Waals surface area contributed by atoms with E-state index in [1.54, 1.807) is 0 Å². The summed E-state index contributed by atoms with van der Waals surface area (Å²) in [6, 6.07) is 5.23. The second-order valence-corrected chi connectivity index (χ2v) is 8.75. The Hall–Kier alpha value is -0.250. The molecule has 0 aliphatic heterocycles. The molecule has 0 radical (unpaired) electrons. The lowest BCUT2D eigenvalue weighted by Crippen LogP contribution is -2.22. The molecule has 0 spiro atoms. The van der Waals surface area contributed by atoms with Gasteiger partial charge >= 0.3 is 0 Å². The molecule has 2 N–H and O–H groups in total. The van der Waals surface area contributed by atoms with E-state index in [0.717, 1.165) is 8.66 Å². The number of halogens is 1. The van der Waals surface area contributed by atoms with Crippen molar-refractivity contribution in [3.8, 4) is 0 Å². The summed E-state index contributed by atoms with van der Waals surface area (Å²) in [6.07, 6.45) is 0. The van der Waals surface area contributed by atoms with Gasteiger partial charge in [0, 0.05) is 21.7 Å². The smallest absolute Gasteiger partial charge is 0.241 e. The number of thiophene rings is 2. The third-order valence-electron chi connectivity index (χ3n) is 2.16. The van der Waals surface area contributed by atoms with Crippen molar-refractivity contribution < 1.29 is 13.5 Å². The first-order valence-electron chi connectivity index (χ1n) is 4.93. The molecule has 0 aromatic carbocycles. The van der Waals surface area contributed by atoms with Crippen LogP contribution in [0.15, 0.2) is 32.3 Å². The third kappa shape index (κ3) is 3.40. The Morgan fingerprint density at radius 2 is 2.11 bits per heavy atom. The van der Waals surface area contributed by atoms with Gasteiger partial charge in [0.05, 0.1) is 15.3 Å². The highest BCUT2D eigenvalue weighted by Crippen LogP contribution is 2.23. The highest BCUT2D eigenvalue weighted by atomic mass is 79.9. The molecular formula is C10H10BrNO3S3. The zero-order chi connectivity index (χ0) is 13.2. The van der Waals surface area contributed by atoms with Gasteiger partial charge in [-0.25, -0.2) is 13.1 Å². The maximum Gasteiger partial charge on any atom is 0.241 e. The molecule has 0 aliphatic rings. The van der Waals surface area contributed by atoms with Crippen molar-refractivity contribution >= 4 is 48.6 Å². The normalized spacial score (nSPS) is 11.9. The number of hydrogen-bond donors (Lipinski definition) is 2. The number of sulfonamides is 1. The van der Waals surface area contributed by atoms with Crippen molar-refractivity contribution in [1.29, 1.82) is 0 Å². The lowest BCUT2D eigenvalue weighted by molar-refractivity contribution is 0.285. The molecular weight excluding hydrogens is 358 g/mol. The maximum absolute atomic E-state index is 11.9. The average molecular weight is 368 g/mol. The van der Waals surface area contributed by atoms with Gasteiger partial charge < -0.3 is 5.11 Å². The van der Waals surface area contributed by atoms with Crippen LogP contribution in [-0.4, -0.2) is 13.5 Å². The summed E-state index contributed by atoms with van der Waals surface area (Å²) in [5, 5.41) is 10.4. The Kier molecular flexibility index (Phi) is 4.57. The molecule has 4 nitrogen and oxygen atoms in total. The Morgan fingerprint density at radius 3 is 2.67 bits per heavy atom. The Morgan fingerprint density at radius 1 is 1.33 bits per heavy atom. The summed E-state index contributed by atoms with van der Waals surface area (Å²) in [5.41, 5.74) is 0. The summed E-state index contributed by atoms with van der Waals surface area (Å²) >= 11 is 6.04. The molecule has 0 amide bonds. The zero-order valence-corrected chi connectivity index (χ0v) is 13.1. The molecule has 0 unspecified atom stereocenters. The van der Waals surface area contributed by atoms with E-state index in [1.807, 2.05) is 12.1 Å². The van der Waals surface area contributed by atoms with E-state index in [0.29, 0.717) is 4.88 Å². The molecule has 98 valence electrons. The fourth-order valence-electron chi connectivity index (χ4n) is 1.28. The van der Waals surface area contributed by atoms with E-state index in [4.69, 9.17) is 5.11 Å². The van der Waals surface area contributed by atoms with E-state index in [2.05, 4.69) is 20.7 Å². The van der Waals surface area contributed by atoms with Crippen LogP contribution in [0.4, 0.5) is 0 Å². The van der Waals surface area contributed by atoms with Crippen LogP contribution >= 0.6 is 38.6 Å². The topological polar surface area (TPSA) is 66.4 Å². The quantitative estimate of drug-likeness (QED) is 0.853. The number of nitrogens with one attached hydrogen (secondary N) is 1. The molecule has 8 heteroatoms. The van der Waals surface area contributed by atoms with E-state index in [-0.39, 0.29) is 18.0 Å². The van der Waals surface area contributed by atoms with Crippen LogP contribution < -0.4 is 4.72 Å². The Bertz CT molecular complexity index is 632. The molecule has 0 atom stereocenters. The van der Waals surface area contributed by atoms with Crippen molar-refractivity contribution in [2.24, 2.45) is 0 Å². The minimum Gasteiger partial charge on any atom is -0.391 e. The highest BCUT2D eigenvalue weighted by molar-refractivity contribution is 9.11. The average Bonchev–Trinajstić information content (AvgIpc) is 2.95. The molecule has 2 rings (SSSR count). The summed E-state index contributed by atoms with van der Waals surface area (Å²) in [5.74, 6) is 0. The van der Waals surface area contributed by atoms with Gasteiger partial charge in [-0.15, -0.1) is 22.7 Å². The van der Waals surface area contributed by atoms with Gasteiger partial charge in [0.25, 0.3) is 0 Å². The van der Waals surface area contributed by atoms with E-state index in [1.165, 1.54) is 34.1 Å². The second kappa shape index (κ2) is 5.81. The van der Waals surface area contributed by atoms with Gasteiger partial charge in [-0.3, -0.25) is 0 Å². The summed E-state index contributed by atoms with van der Waals surface area (Å²) < 4.78 is 27.4. The van der Waals surface area contributed by atoms with Crippen LogP contribution in [-0.2, 0) is 23.2 Å². The van der Waals surface area contributed by atoms with Crippen LogP contribution in [0.5, 0.6) is 0 Å². The van der Waals surface area contributed by atoms with Crippen LogP contribution in [0, 0.1) is 0 Å². The van der Waals surface area contributed by atoms with Crippen molar-refractivity contribution in [3.05, 3.63) is 37.1 Å². The van der Waals surface area contributed by atoms with Gasteiger partial charge in [0.2, 0.25) is 10.0 Å². The minimum absolute atomic E-state index is 0.141.